The molecule has 4 nitrogen and oxygen atoms in total. The van der Waals surface area contributed by atoms with Crippen molar-refractivity contribution in [3.63, 3.8) is 0 Å². The van der Waals surface area contributed by atoms with Crippen molar-refractivity contribution in [2.45, 2.75) is 47.4 Å². The number of hydrogen-bond acceptors (Lipinski definition) is 4. The summed E-state index contributed by atoms with van der Waals surface area (Å²) in [7, 11) is 0. The van der Waals surface area contributed by atoms with E-state index in [4.69, 9.17) is 0 Å². The van der Waals surface area contributed by atoms with Crippen LogP contribution in [0.15, 0.2) is 69.0 Å². The van der Waals surface area contributed by atoms with Gasteiger partial charge in [0.1, 0.15) is 0 Å². The van der Waals surface area contributed by atoms with Crippen molar-refractivity contribution in [2.24, 2.45) is 20.5 Å². The van der Waals surface area contributed by atoms with Gasteiger partial charge in [0, 0.05) is 22.3 Å². The Balaban J connectivity index is 1.64. The average Bonchev–Trinajstić information content (AvgIpc) is 3.71. The van der Waals surface area contributed by atoms with E-state index in [0.717, 1.165) is 0 Å². The minimum atomic E-state index is -6.87. The van der Waals surface area contributed by atoms with Crippen molar-refractivity contribution in [1.82, 2.24) is 0 Å². The second-order valence-corrected chi connectivity index (χ2v) is 8.19. The van der Waals surface area contributed by atoms with E-state index >= 15 is 0 Å². The molecular formula is C20H8F14N4. The zero-order valence-corrected chi connectivity index (χ0v) is 17.7. The van der Waals surface area contributed by atoms with Gasteiger partial charge in [-0.2, -0.15) is 61.5 Å². The summed E-state index contributed by atoms with van der Waals surface area (Å²) < 4.78 is 194. The van der Waals surface area contributed by atoms with Crippen LogP contribution in [0.4, 0.5) is 61.5 Å². The third-order valence-corrected chi connectivity index (χ3v) is 5.87. The number of rotatable bonds is 7. The summed E-state index contributed by atoms with van der Waals surface area (Å²) >= 11 is 0. The van der Waals surface area contributed by atoms with Gasteiger partial charge in [-0.15, -0.1) is 20.5 Å². The number of alkyl halides is 14. The average molecular weight is 570 g/mol. The van der Waals surface area contributed by atoms with Crippen LogP contribution in [0.25, 0.3) is 0 Å². The van der Waals surface area contributed by atoms with E-state index in [9.17, 15) is 61.5 Å². The predicted molar refractivity (Wildman–Crippen MR) is 95.7 cm³/mol. The lowest BCUT2D eigenvalue weighted by Gasteiger charge is -2.37. The molecule has 2 aromatic rings. The molecule has 0 atom stereocenters. The molecule has 2 aliphatic rings. The molecule has 0 saturated carbocycles. The lowest BCUT2D eigenvalue weighted by atomic mass is 9.89. The SMILES string of the molecule is FC(F)(F)C1(c2ccc(C(F)(F)C(F)(F)C(F)(F)C(F)(F)c3ccc(C4(C(F)(F)F)N=N4)cc3)cc2)N=N1. The van der Waals surface area contributed by atoms with Gasteiger partial charge in [-0.1, -0.05) is 48.5 Å². The molecule has 0 amide bonds. The summed E-state index contributed by atoms with van der Waals surface area (Å²) in [6, 6.07) is 0.312. The zero-order valence-electron chi connectivity index (χ0n) is 17.7. The van der Waals surface area contributed by atoms with Crippen LogP contribution in [-0.4, -0.2) is 24.2 Å². The first kappa shape index (κ1) is 27.7. The van der Waals surface area contributed by atoms with Crippen LogP contribution in [0.2, 0.25) is 0 Å². The highest BCUT2D eigenvalue weighted by atomic mass is 19.4. The Hall–Kier alpha value is -3.34. The molecule has 0 aromatic heterocycles. The first-order valence-electron chi connectivity index (χ1n) is 9.83. The van der Waals surface area contributed by atoms with Gasteiger partial charge in [0.2, 0.25) is 0 Å². The molecule has 2 heterocycles. The van der Waals surface area contributed by atoms with Gasteiger partial charge in [-0.3, -0.25) is 0 Å². The maximum atomic E-state index is 14.5. The lowest BCUT2D eigenvalue weighted by Crippen LogP contribution is -2.59. The summed E-state index contributed by atoms with van der Waals surface area (Å²) in [5.74, 6) is -25.9. The third kappa shape index (κ3) is 3.58. The maximum Gasteiger partial charge on any atom is 0.442 e. The highest BCUT2D eigenvalue weighted by molar-refractivity contribution is 5.38. The van der Waals surface area contributed by atoms with Crippen molar-refractivity contribution in [3.05, 3.63) is 70.8 Å². The van der Waals surface area contributed by atoms with Gasteiger partial charge >= 0.3 is 47.4 Å². The fourth-order valence-corrected chi connectivity index (χ4v) is 3.47. The standard InChI is InChI=1S/C20H8F14N4/c21-13(22,9-1-5-11(6-2-9)15(35-36-15)19(29,30)31)17(25,26)18(27,28)14(23,24)10-3-7-12(8-4-10)16(37-38-16)20(32,33)34/h1-8H. The van der Waals surface area contributed by atoms with E-state index in [0.29, 0.717) is 0 Å². The van der Waals surface area contributed by atoms with E-state index in [-0.39, 0.29) is 48.5 Å². The summed E-state index contributed by atoms with van der Waals surface area (Å²) in [4.78, 5) is 0. The molecule has 0 bridgehead atoms. The molecular weight excluding hydrogens is 562 g/mol. The molecule has 0 spiro atoms. The highest BCUT2D eigenvalue weighted by Crippen LogP contribution is 2.60. The molecule has 0 unspecified atom stereocenters. The molecule has 2 aliphatic heterocycles. The van der Waals surface area contributed by atoms with E-state index < -0.39 is 69.6 Å². The Morgan fingerprint density at radius 2 is 0.632 bits per heavy atom. The minimum Gasteiger partial charge on any atom is -0.194 e. The molecule has 206 valence electrons. The second-order valence-electron chi connectivity index (χ2n) is 8.19. The van der Waals surface area contributed by atoms with E-state index in [2.05, 4.69) is 20.5 Å². The number of hydrogen-bond donors (Lipinski definition) is 0. The van der Waals surface area contributed by atoms with Crippen LogP contribution in [0, 0.1) is 0 Å². The second kappa shape index (κ2) is 7.62. The van der Waals surface area contributed by atoms with Gasteiger partial charge < -0.3 is 0 Å². The molecule has 0 saturated heterocycles. The van der Waals surface area contributed by atoms with E-state index in [1.807, 2.05) is 0 Å². The van der Waals surface area contributed by atoms with Crippen molar-refractivity contribution in [2.75, 3.05) is 0 Å². The van der Waals surface area contributed by atoms with Gasteiger partial charge in [-0.05, 0) is 0 Å². The normalized spacial score (nSPS) is 19.0. The smallest absolute Gasteiger partial charge is 0.194 e. The Bertz CT molecular complexity index is 1180. The molecule has 4 rings (SSSR count). The summed E-state index contributed by atoms with van der Waals surface area (Å²) in [6.45, 7) is 0. The molecule has 0 fully saturated rings. The Labute approximate surface area is 201 Å². The fraction of sp³-hybridized carbons (Fsp3) is 0.400. The van der Waals surface area contributed by atoms with Crippen LogP contribution >= 0.6 is 0 Å². The largest absolute Gasteiger partial charge is 0.442 e. The Morgan fingerprint density at radius 3 is 0.816 bits per heavy atom. The van der Waals surface area contributed by atoms with Crippen molar-refractivity contribution < 1.29 is 61.5 Å². The van der Waals surface area contributed by atoms with Crippen LogP contribution in [0.5, 0.6) is 0 Å². The molecule has 0 aliphatic carbocycles. The van der Waals surface area contributed by atoms with Gasteiger partial charge in [-0.25, -0.2) is 0 Å². The minimum absolute atomic E-state index is 0.109. The summed E-state index contributed by atoms with van der Waals surface area (Å²) in [5, 5.41) is 10.9. The van der Waals surface area contributed by atoms with Gasteiger partial charge in [0.15, 0.2) is 0 Å². The quantitative estimate of drug-likeness (QED) is 0.302. The van der Waals surface area contributed by atoms with Gasteiger partial charge in [0.05, 0.1) is 0 Å². The lowest BCUT2D eigenvalue weighted by molar-refractivity contribution is -0.374. The van der Waals surface area contributed by atoms with Gasteiger partial charge in [0.25, 0.3) is 0 Å². The van der Waals surface area contributed by atoms with Crippen molar-refractivity contribution in [1.29, 1.82) is 0 Å². The molecule has 0 N–H and O–H groups in total. The summed E-state index contributed by atoms with van der Waals surface area (Å²) in [5.41, 5.74) is -12.3. The topological polar surface area (TPSA) is 49.4 Å². The maximum absolute atomic E-state index is 14.5. The van der Waals surface area contributed by atoms with E-state index in [1.54, 1.807) is 0 Å². The first-order valence-corrected chi connectivity index (χ1v) is 9.83. The van der Waals surface area contributed by atoms with Crippen LogP contribution in [0.1, 0.15) is 22.3 Å². The van der Waals surface area contributed by atoms with Crippen molar-refractivity contribution in [3.8, 4) is 0 Å². The number of benzene rings is 2. The van der Waals surface area contributed by atoms with Crippen LogP contribution in [-0.2, 0) is 23.2 Å². The Kier molecular flexibility index (Phi) is 5.55. The fourth-order valence-electron chi connectivity index (χ4n) is 3.47. The Morgan fingerprint density at radius 1 is 0.395 bits per heavy atom. The zero-order chi connectivity index (χ0) is 28.8. The molecule has 2 aromatic carbocycles. The first-order chi connectivity index (χ1) is 17.1. The highest BCUT2D eigenvalue weighted by Gasteiger charge is 2.81. The number of halogens is 14. The van der Waals surface area contributed by atoms with Crippen molar-refractivity contribution >= 4 is 0 Å². The van der Waals surface area contributed by atoms with E-state index in [1.165, 1.54) is 0 Å². The monoisotopic (exact) mass is 570 g/mol. The number of nitrogens with zero attached hydrogens (tertiary/aromatic N) is 4. The molecule has 38 heavy (non-hydrogen) atoms. The third-order valence-electron chi connectivity index (χ3n) is 5.87. The molecule has 18 heteroatoms. The summed E-state index contributed by atoms with van der Waals surface area (Å²) in [6.07, 6.45) is -10.3. The molecule has 0 radical (unpaired) electrons. The predicted octanol–water partition coefficient (Wildman–Crippen LogP) is 8.20. The van der Waals surface area contributed by atoms with Crippen LogP contribution < -0.4 is 0 Å². The van der Waals surface area contributed by atoms with Crippen LogP contribution in [0.3, 0.4) is 0 Å².